The van der Waals surface area contributed by atoms with Gasteiger partial charge in [0.2, 0.25) is 0 Å². The minimum atomic E-state index is -0.496. The summed E-state index contributed by atoms with van der Waals surface area (Å²) in [4.78, 5) is 16.2. The molecule has 0 aliphatic rings. The normalized spacial score (nSPS) is 13.0. The van der Waals surface area contributed by atoms with Crippen LogP contribution in [0.2, 0.25) is 0 Å². The van der Waals surface area contributed by atoms with Gasteiger partial charge in [0.05, 0.1) is 11.7 Å². The van der Waals surface area contributed by atoms with Gasteiger partial charge in [0, 0.05) is 6.20 Å². The highest BCUT2D eigenvalue weighted by Gasteiger charge is 2.18. The summed E-state index contributed by atoms with van der Waals surface area (Å²) in [6.45, 7) is 3.51. The van der Waals surface area contributed by atoms with Gasteiger partial charge in [-0.15, -0.1) is 0 Å². The zero-order chi connectivity index (χ0) is 11.0. The Labute approximate surface area is 87.7 Å². The number of aromatic nitrogens is 2. The number of hydrogen-bond acceptors (Lipinski definition) is 3. The molecule has 0 amide bonds. The lowest BCUT2D eigenvalue weighted by Crippen LogP contribution is -2.28. The van der Waals surface area contributed by atoms with Gasteiger partial charge in [-0.3, -0.25) is 9.20 Å². The molecule has 0 saturated carbocycles. The van der Waals surface area contributed by atoms with Crippen LogP contribution in [-0.2, 0) is 0 Å². The van der Waals surface area contributed by atoms with E-state index in [1.807, 2.05) is 31.3 Å². The number of pyridine rings is 1. The quantitative estimate of drug-likeness (QED) is 0.745. The summed E-state index contributed by atoms with van der Waals surface area (Å²) in [7, 11) is 0. The molecule has 2 aromatic heterocycles. The molecule has 2 N–H and O–H groups in total. The number of imidazole rings is 1. The van der Waals surface area contributed by atoms with Crippen LogP contribution in [0, 0.1) is 6.92 Å². The van der Waals surface area contributed by atoms with Crippen molar-refractivity contribution in [1.29, 1.82) is 0 Å². The second-order valence-corrected chi connectivity index (χ2v) is 3.63. The molecule has 4 heteroatoms. The van der Waals surface area contributed by atoms with Gasteiger partial charge in [0.15, 0.2) is 5.78 Å². The van der Waals surface area contributed by atoms with E-state index in [1.54, 1.807) is 11.3 Å². The molecule has 2 heterocycles. The zero-order valence-corrected chi connectivity index (χ0v) is 8.77. The van der Waals surface area contributed by atoms with Crippen molar-refractivity contribution in [2.45, 2.75) is 19.9 Å². The van der Waals surface area contributed by atoms with E-state index in [9.17, 15) is 4.79 Å². The van der Waals surface area contributed by atoms with Crippen molar-refractivity contribution < 1.29 is 4.79 Å². The first-order valence-electron chi connectivity index (χ1n) is 4.84. The van der Waals surface area contributed by atoms with E-state index in [4.69, 9.17) is 5.73 Å². The van der Waals surface area contributed by atoms with Crippen LogP contribution in [0.5, 0.6) is 0 Å². The zero-order valence-electron chi connectivity index (χ0n) is 8.77. The van der Waals surface area contributed by atoms with Gasteiger partial charge in [0.1, 0.15) is 11.3 Å². The smallest absolute Gasteiger partial charge is 0.197 e. The van der Waals surface area contributed by atoms with Crippen molar-refractivity contribution in [2.24, 2.45) is 5.73 Å². The van der Waals surface area contributed by atoms with Crippen molar-refractivity contribution in [3.05, 3.63) is 35.8 Å². The number of hydrogen-bond donors (Lipinski definition) is 1. The third-order valence-electron chi connectivity index (χ3n) is 2.35. The van der Waals surface area contributed by atoms with E-state index in [0.717, 1.165) is 11.3 Å². The lowest BCUT2D eigenvalue weighted by molar-refractivity contribution is 0.0961. The van der Waals surface area contributed by atoms with Crippen LogP contribution in [0.15, 0.2) is 24.4 Å². The number of fused-ring (bicyclic) bond motifs is 1. The second kappa shape index (κ2) is 3.47. The van der Waals surface area contributed by atoms with E-state index in [1.165, 1.54) is 0 Å². The lowest BCUT2D eigenvalue weighted by atomic mass is 10.1. The maximum absolute atomic E-state index is 11.9. The Kier molecular flexibility index (Phi) is 2.28. The van der Waals surface area contributed by atoms with Gasteiger partial charge in [-0.2, -0.15) is 0 Å². The van der Waals surface area contributed by atoms with Gasteiger partial charge in [-0.1, -0.05) is 6.07 Å². The molecule has 0 bridgehead atoms. The number of aryl methyl sites for hydroxylation is 1. The molecule has 4 nitrogen and oxygen atoms in total. The molecule has 2 aromatic rings. The van der Waals surface area contributed by atoms with E-state index in [0.29, 0.717) is 5.69 Å². The number of nitrogens with two attached hydrogens (primary N) is 1. The SMILES string of the molecule is Cc1nc2ccccn2c1C(=O)C(C)N. The molecule has 0 aliphatic heterocycles. The molecular formula is C11H13N3O. The fraction of sp³-hybridized carbons (Fsp3) is 0.273. The van der Waals surface area contributed by atoms with Gasteiger partial charge in [-0.05, 0) is 26.0 Å². The molecule has 0 spiro atoms. The van der Waals surface area contributed by atoms with Gasteiger partial charge in [0.25, 0.3) is 0 Å². The molecule has 0 fully saturated rings. The molecule has 0 aliphatic carbocycles. The molecule has 0 saturated heterocycles. The number of Topliss-reactive ketones (excluding diaryl/α,β-unsaturated/α-hetero) is 1. The molecule has 1 atom stereocenters. The van der Waals surface area contributed by atoms with Gasteiger partial charge < -0.3 is 5.73 Å². The number of rotatable bonds is 2. The molecule has 1 unspecified atom stereocenters. The van der Waals surface area contributed by atoms with Crippen LogP contribution < -0.4 is 5.73 Å². The van der Waals surface area contributed by atoms with Crippen LogP contribution in [0.4, 0.5) is 0 Å². The predicted molar refractivity (Wildman–Crippen MR) is 57.9 cm³/mol. The standard InChI is InChI=1S/C11H13N3O/c1-7(12)11(15)10-8(2)13-9-5-3-4-6-14(9)10/h3-7H,12H2,1-2H3. The Morgan fingerprint density at radius 3 is 2.93 bits per heavy atom. The van der Waals surface area contributed by atoms with Crippen LogP contribution >= 0.6 is 0 Å². The first kappa shape index (κ1) is 9.86. The topological polar surface area (TPSA) is 60.4 Å². The first-order chi connectivity index (χ1) is 7.11. The van der Waals surface area contributed by atoms with Crippen LogP contribution in [-0.4, -0.2) is 21.2 Å². The average molecular weight is 203 g/mol. The summed E-state index contributed by atoms with van der Waals surface area (Å²) in [5.74, 6) is -0.0776. The Balaban J connectivity index is 2.69. The molecular weight excluding hydrogens is 190 g/mol. The average Bonchev–Trinajstić information content (AvgIpc) is 2.52. The number of ketones is 1. The number of carbonyl (C=O) groups excluding carboxylic acids is 1. The minimum absolute atomic E-state index is 0.0776. The summed E-state index contributed by atoms with van der Waals surface area (Å²) in [6, 6.07) is 5.13. The maximum Gasteiger partial charge on any atom is 0.197 e. The highest BCUT2D eigenvalue weighted by atomic mass is 16.1. The monoisotopic (exact) mass is 203 g/mol. The van der Waals surface area contributed by atoms with Crippen molar-refractivity contribution in [2.75, 3.05) is 0 Å². The third kappa shape index (κ3) is 1.53. The first-order valence-corrected chi connectivity index (χ1v) is 4.84. The second-order valence-electron chi connectivity index (χ2n) is 3.63. The molecule has 2 rings (SSSR count). The van der Waals surface area contributed by atoms with Crippen molar-refractivity contribution in [1.82, 2.24) is 9.38 Å². The van der Waals surface area contributed by atoms with Crippen molar-refractivity contribution >= 4 is 11.4 Å². The maximum atomic E-state index is 11.9. The van der Waals surface area contributed by atoms with Crippen molar-refractivity contribution in [3.63, 3.8) is 0 Å². The van der Waals surface area contributed by atoms with E-state index < -0.39 is 6.04 Å². The summed E-state index contributed by atoms with van der Waals surface area (Å²) in [5.41, 5.74) is 7.68. The van der Waals surface area contributed by atoms with E-state index in [-0.39, 0.29) is 5.78 Å². The highest BCUT2D eigenvalue weighted by molar-refractivity contribution is 5.99. The van der Waals surface area contributed by atoms with Crippen LogP contribution in [0.1, 0.15) is 23.1 Å². The van der Waals surface area contributed by atoms with Crippen LogP contribution in [0.3, 0.4) is 0 Å². The Bertz CT molecular complexity index is 514. The molecule has 0 radical (unpaired) electrons. The van der Waals surface area contributed by atoms with E-state index >= 15 is 0 Å². The molecule has 15 heavy (non-hydrogen) atoms. The Hall–Kier alpha value is -1.68. The van der Waals surface area contributed by atoms with E-state index in [2.05, 4.69) is 4.98 Å². The summed E-state index contributed by atoms with van der Waals surface area (Å²) < 4.78 is 1.78. The Morgan fingerprint density at radius 2 is 2.27 bits per heavy atom. The molecule has 78 valence electrons. The highest BCUT2D eigenvalue weighted by Crippen LogP contribution is 2.13. The lowest BCUT2D eigenvalue weighted by Gasteiger charge is -2.04. The predicted octanol–water partition coefficient (Wildman–Crippen LogP) is 1.17. The van der Waals surface area contributed by atoms with Gasteiger partial charge in [-0.25, -0.2) is 4.98 Å². The minimum Gasteiger partial charge on any atom is -0.321 e. The summed E-state index contributed by atoms with van der Waals surface area (Å²) in [6.07, 6.45) is 1.82. The number of nitrogens with zero attached hydrogens (tertiary/aromatic N) is 2. The van der Waals surface area contributed by atoms with Crippen LogP contribution in [0.25, 0.3) is 5.65 Å². The largest absolute Gasteiger partial charge is 0.321 e. The van der Waals surface area contributed by atoms with Gasteiger partial charge >= 0.3 is 0 Å². The van der Waals surface area contributed by atoms with Crippen molar-refractivity contribution in [3.8, 4) is 0 Å². The summed E-state index contributed by atoms with van der Waals surface area (Å²) in [5, 5.41) is 0. The fourth-order valence-electron chi connectivity index (χ4n) is 1.63. The Morgan fingerprint density at radius 1 is 1.53 bits per heavy atom. The number of carbonyl (C=O) groups is 1. The summed E-state index contributed by atoms with van der Waals surface area (Å²) >= 11 is 0. The fourth-order valence-corrected chi connectivity index (χ4v) is 1.63. The molecule has 0 aromatic carbocycles. The third-order valence-corrected chi connectivity index (χ3v) is 2.35.